The summed E-state index contributed by atoms with van der Waals surface area (Å²) in [5, 5.41) is 0. The van der Waals surface area contributed by atoms with E-state index in [4.69, 9.17) is 0 Å². The van der Waals surface area contributed by atoms with E-state index in [-0.39, 0.29) is 110 Å². The van der Waals surface area contributed by atoms with Gasteiger partial charge in [0.1, 0.15) is 0 Å². The monoisotopic (exact) mass is 1910 g/mol. The Labute approximate surface area is 759 Å². The second kappa shape index (κ2) is 56.7. The summed E-state index contributed by atoms with van der Waals surface area (Å²) in [6.07, 6.45) is -26.8. The van der Waals surface area contributed by atoms with Crippen LogP contribution in [-0.2, 0) is 0 Å². The third-order valence-corrected chi connectivity index (χ3v) is 32.4. The van der Waals surface area contributed by atoms with Crippen molar-refractivity contribution in [2.24, 2.45) is 136 Å². The SMILES string of the molecule is CC(C)C(C)(C(C)C)C(F)(F)F.CCC(C)(C(C(C)C)C(C)C)C(F)(F)F.CCC(C)(CC)C(C)(C(C)C)C(F)(F)F.CCC(C)(CC)C(C)(CC)C(F)(F)F.CCC(CC)C(C)(C(C)C)C(F)(F)F.CCCC(C)(C(C(C)C)C(C)C)C(F)(F)F.CCCC(C)(C(CC)CC)C(F)(F)F.CCCC(C)(C(F)(F)F)C(C)(CC)CC.CCCC(C)(CCC)C(F)(F)F. The van der Waals surface area contributed by atoms with Gasteiger partial charge < -0.3 is 0 Å². The van der Waals surface area contributed by atoms with Crippen LogP contribution < -0.4 is 0 Å². The van der Waals surface area contributed by atoms with Crippen molar-refractivity contribution < 1.29 is 119 Å². The van der Waals surface area contributed by atoms with E-state index in [0.717, 1.165) is 0 Å². The minimum absolute atomic E-state index is 0.0524. The molecule has 780 valence electrons. The summed E-state index contributed by atoms with van der Waals surface area (Å²) in [7, 11) is 0. The minimum atomic E-state index is -4.14. The molecule has 0 radical (unpaired) electrons. The molecule has 0 bridgehead atoms. The van der Waals surface area contributed by atoms with E-state index < -0.39 is 126 Å². The Morgan fingerprint density at radius 2 is 0.417 bits per heavy atom. The fourth-order valence-electron chi connectivity index (χ4n) is 20.1. The molecule has 0 saturated heterocycles. The molecule has 7 unspecified atom stereocenters. The fourth-order valence-corrected chi connectivity index (χ4v) is 20.1. The summed E-state index contributed by atoms with van der Waals surface area (Å²) in [5.74, 6) is -2.46. The zero-order chi connectivity index (χ0) is 105. The van der Waals surface area contributed by atoms with Crippen molar-refractivity contribution in [2.45, 2.75) is 508 Å². The molecule has 0 aromatic heterocycles. The van der Waals surface area contributed by atoms with Gasteiger partial charge in [-0.15, -0.1) is 0 Å². The number of hydrogen-bond donors (Lipinski definition) is 0. The second-order valence-corrected chi connectivity index (χ2v) is 41.7. The molecule has 0 rings (SSSR count). The van der Waals surface area contributed by atoms with Gasteiger partial charge in [0.25, 0.3) is 0 Å². The van der Waals surface area contributed by atoms with Crippen LogP contribution in [0.5, 0.6) is 0 Å². The van der Waals surface area contributed by atoms with Crippen LogP contribution in [0.2, 0.25) is 0 Å². The Morgan fingerprint density at radius 1 is 0.181 bits per heavy atom. The largest absolute Gasteiger partial charge is 0.395 e. The first kappa shape index (κ1) is 143. The number of alkyl halides is 27. The van der Waals surface area contributed by atoms with Crippen LogP contribution in [0, 0.1) is 136 Å². The third-order valence-electron chi connectivity index (χ3n) is 32.4. The molecule has 0 saturated carbocycles. The first-order valence-corrected chi connectivity index (χ1v) is 47.7. The van der Waals surface area contributed by atoms with Crippen molar-refractivity contribution in [3.05, 3.63) is 0 Å². The van der Waals surface area contributed by atoms with Gasteiger partial charge in [-0.1, -0.05) is 369 Å². The predicted octanol–water partition coefficient (Wildman–Crippen LogP) is 42.6. The highest BCUT2D eigenvalue weighted by Crippen LogP contribution is 2.62. The highest BCUT2D eigenvalue weighted by Gasteiger charge is 2.65. The maximum absolute atomic E-state index is 13.3. The molecular weight excluding hydrogens is 1710 g/mol. The average molecular weight is 1910 g/mol. The second-order valence-electron chi connectivity index (χ2n) is 41.7. The summed E-state index contributed by atoms with van der Waals surface area (Å²) in [5.41, 5.74) is -15.9. The molecule has 27 heteroatoms. The molecule has 0 aliphatic carbocycles. The van der Waals surface area contributed by atoms with E-state index in [1.807, 2.05) is 145 Å². The summed E-state index contributed by atoms with van der Waals surface area (Å²) in [6, 6.07) is 0. The average Bonchev–Trinajstić information content (AvgIpc) is 0.744. The standard InChI is InChI=1S/C13H25F3.3C12H23F3.3C11H21F3.2C9H17F3/c1-7-8-12(6,13(14,15)16)11(9(2)3)10(4)5;1-7-10(5,8-2)11(6,9(3)4)12(13,14)15;1-7-11(6,12(13,14)15)10(8(2)3)9(4)5;1-6-9-11(5,12(13,14)15)10(4,7-2)8-3;1-6-9(4,7-2)10(5,8-3)11(12,13)14;1-6-9(7-2)10(5,8(3)4)11(12,13)14;1-5-8-10(4,11(12,13)14)9(6-2)7-3;1-6(2)8(5,7(3)4)9(10,11)12;1-4-6-8(3,7-5-2)9(10,11)12/h9-11H,7-8H2,1-6H3;9H,7-8H2,1-6H3;8-10H,7H2,1-6H3;6-9H2,1-5H3;6-8H2,1-5H3;8-9H,6-7H2,1-5H3;9H,5-8H2,1-4H3;6-7H,1-5H3;4-7H2,1-3H3. The lowest BCUT2D eigenvalue weighted by molar-refractivity contribution is -0.275. The molecule has 0 aromatic rings. The van der Waals surface area contributed by atoms with Crippen LogP contribution in [0.4, 0.5) is 119 Å². The molecule has 127 heavy (non-hydrogen) atoms. The molecule has 0 aromatic carbocycles. The number of hydrogen-bond acceptors (Lipinski definition) is 0. The van der Waals surface area contributed by atoms with Crippen LogP contribution in [-0.4, -0.2) is 55.6 Å². The number of rotatable bonds is 37. The van der Waals surface area contributed by atoms with E-state index in [0.29, 0.717) is 96.3 Å². The van der Waals surface area contributed by atoms with E-state index in [9.17, 15) is 119 Å². The Bertz CT molecular complexity index is 2690. The smallest absolute Gasteiger partial charge is 0.171 e. The molecule has 0 aliphatic heterocycles. The Hall–Kier alpha value is -1.89. The van der Waals surface area contributed by atoms with E-state index >= 15 is 0 Å². The van der Waals surface area contributed by atoms with Crippen LogP contribution in [0.3, 0.4) is 0 Å². The van der Waals surface area contributed by atoms with E-state index in [2.05, 4.69) is 0 Å². The highest BCUT2D eigenvalue weighted by atomic mass is 19.4. The van der Waals surface area contributed by atoms with Gasteiger partial charge in [0.05, 0.1) is 48.7 Å². The highest BCUT2D eigenvalue weighted by molar-refractivity contribution is 5.01. The molecule has 0 amide bonds. The minimum Gasteiger partial charge on any atom is -0.171 e. The van der Waals surface area contributed by atoms with Crippen molar-refractivity contribution in [2.75, 3.05) is 0 Å². The van der Waals surface area contributed by atoms with Crippen molar-refractivity contribution in [1.82, 2.24) is 0 Å². The lowest BCUT2D eigenvalue weighted by Crippen LogP contribution is -2.51. The molecule has 0 aliphatic rings. The predicted molar refractivity (Wildman–Crippen MR) is 482 cm³/mol. The quantitative estimate of drug-likeness (QED) is 0.0544. The van der Waals surface area contributed by atoms with Gasteiger partial charge >= 0.3 is 55.6 Å². The molecule has 7 atom stereocenters. The fraction of sp³-hybridized carbons (Fsp3) is 1.00. The van der Waals surface area contributed by atoms with Crippen LogP contribution in [0.25, 0.3) is 0 Å². The first-order chi connectivity index (χ1) is 56.1. The van der Waals surface area contributed by atoms with Crippen LogP contribution in [0.1, 0.15) is 453 Å². The van der Waals surface area contributed by atoms with Crippen molar-refractivity contribution in [3.63, 3.8) is 0 Å². The summed E-state index contributed by atoms with van der Waals surface area (Å²) < 4.78 is 350. The third kappa shape index (κ3) is 37.5. The first-order valence-electron chi connectivity index (χ1n) is 47.7. The lowest BCUT2D eigenvalue weighted by atomic mass is 9.57. The van der Waals surface area contributed by atoms with Gasteiger partial charge in [-0.05, 0) is 171 Å². The Kier molecular flexibility index (Phi) is 63.8. The van der Waals surface area contributed by atoms with Gasteiger partial charge in [-0.3, -0.25) is 0 Å². The molecule has 0 N–H and O–H groups in total. The Morgan fingerprint density at radius 3 is 0.535 bits per heavy atom. The molecule has 0 spiro atoms. The van der Waals surface area contributed by atoms with Gasteiger partial charge in [-0.25, -0.2) is 0 Å². The molecule has 0 fully saturated rings. The summed E-state index contributed by atoms with van der Waals surface area (Å²) in [4.78, 5) is 0. The van der Waals surface area contributed by atoms with Gasteiger partial charge in [0.2, 0.25) is 0 Å². The van der Waals surface area contributed by atoms with Gasteiger partial charge in [0.15, 0.2) is 0 Å². The summed E-state index contributed by atoms with van der Waals surface area (Å²) in [6.45, 7) is 76.3. The van der Waals surface area contributed by atoms with Crippen molar-refractivity contribution in [3.8, 4) is 0 Å². The van der Waals surface area contributed by atoms with E-state index in [1.54, 1.807) is 104 Å². The normalized spacial score (nSPS) is 16.9. The molecule has 0 nitrogen and oxygen atoms in total. The van der Waals surface area contributed by atoms with Crippen molar-refractivity contribution in [1.29, 1.82) is 0 Å². The van der Waals surface area contributed by atoms with E-state index in [1.165, 1.54) is 62.3 Å². The number of halogens is 27. The summed E-state index contributed by atoms with van der Waals surface area (Å²) >= 11 is 0. The lowest BCUT2D eigenvalue weighted by Gasteiger charge is -2.49. The van der Waals surface area contributed by atoms with Gasteiger partial charge in [-0.2, -0.15) is 119 Å². The van der Waals surface area contributed by atoms with Crippen LogP contribution in [0.15, 0.2) is 0 Å². The Balaban J connectivity index is -0.000000176. The topological polar surface area (TPSA) is 0 Å². The maximum Gasteiger partial charge on any atom is 0.395 e. The van der Waals surface area contributed by atoms with Crippen LogP contribution >= 0.6 is 0 Å². The van der Waals surface area contributed by atoms with Crippen molar-refractivity contribution >= 4 is 0 Å². The molecular formula is C100H191F27. The zero-order valence-electron chi connectivity index (χ0n) is 88.2. The van der Waals surface area contributed by atoms with Gasteiger partial charge in [0, 0.05) is 0 Å². The maximum atomic E-state index is 13.3. The zero-order valence-corrected chi connectivity index (χ0v) is 88.2. The molecule has 0 heterocycles.